The number of nitrogens with one attached hydrogen (secondary N) is 3. The number of hydrogen-bond donors (Lipinski definition) is 3. The van der Waals surface area contributed by atoms with Crippen molar-refractivity contribution in [1.29, 1.82) is 0 Å². The zero-order chi connectivity index (χ0) is 20.0. The quantitative estimate of drug-likeness (QED) is 0.192. The molecule has 1 amide bonds. The van der Waals surface area contributed by atoms with Crippen molar-refractivity contribution in [3.63, 3.8) is 0 Å². The summed E-state index contributed by atoms with van der Waals surface area (Å²) in [7, 11) is 1.64. The highest BCUT2D eigenvalue weighted by Gasteiger charge is 2.13. The van der Waals surface area contributed by atoms with Gasteiger partial charge in [-0.05, 0) is 50.3 Å². The highest BCUT2D eigenvalue weighted by atomic mass is 127. The number of carbonyl (C=O) groups is 1. The molecule has 0 aliphatic carbocycles. The molecule has 0 aromatic heterocycles. The number of nitrogens with zero attached hydrogens (tertiary/aromatic N) is 1. The molecule has 1 aliphatic rings. The molecule has 1 aliphatic heterocycles. The van der Waals surface area contributed by atoms with Crippen molar-refractivity contribution in [3.05, 3.63) is 35.4 Å². The molecule has 164 valence electrons. The van der Waals surface area contributed by atoms with Crippen molar-refractivity contribution in [2.45, 2.75) is 38.7 Å². The maximum Gasteiger partial charge on any atom is 0.251 e. The lowest BCUT2D eigenvalue weighted by molar-refractivity contribution is -0.0318. The summed E-state index contributed by atoms with van der Waals surface area (Å²) in [5, 5.41) is 9.27. The summed E-state index contributed by atoms with van der Waals surface area (Å²) in [6.45, 7) is 6.70. The van der Waals surface area contributed by atoms with Crippen LogP contribution in [0.4, 0.5) is 0 Å². The van der Waals surface area contributed by atoms with Gasteiger partial charge in [0.15, 0.2) is 5.96 Å². The van der Waals surface area contributed by atoms with E-state index >= 15 is 0 Å². The zero-order valence-electron chi connectivity index (χ0n) is 17.5. The molecule has 29 heavy (non-hydrogen) atoms. The Bertz CT molecular complexity index is 622. The smallest absolute Gasteiger partial charge is 0.251 e. The van der Waals surface area contributed by atoms with E-state index in [1.165, 1.54) is 0 Å². The Balaban J connectivity index is 0.00000420. The van der Waals surface area contributed by atoms with Crippen LogP contribution < -0.4 is 16.0 Å². The summed E-state index contributed by atoms with van der Waals surface area (Å²) in [4.78, 5) is 16.3. The number of ether oxygens (including phenoxy) is 2. The van der Waals surface area contributed by atoms with Crippen LogP contribution in [-0.4, -0.2) is 64.5 Å². The fourth-order valence-electron chi connectivity index (χ4n) is 3.03. The predicted molar refractivity (Wildman–Crippen MR) is 127 cm³/mol. The molecular weight excluding hydrogens is 483 g/mol. The molecule has 0 radical (unpaired) electrons. The summed E-state index contributed by atoms with van der Waals surface area (Å²) in [6, 6.07) is 7.70. The minimum atomic E-state index is -0.0623. The maximum absolute atomic E-state index is 11.7. The first-order valence-electron chi connectivity index (χ1n) is 10.3. The van der Waals surface area contributed by atoms with Gasteiger partial charge in [-0.1, -0.05) is 12.1 Å². The van der Waals surface area contributed by atoms with Crippen LogP contribution in [0.5, 0.6) is 0 Å². The molecule has 0 saturated carbocycles. The number of halogens is 1. The number of carbonyl (C=O) groups excluding carboxylic acids is 1. The molecule has 0 spiro atoms. The van der Waals surface area contributed by atoms with Crippen LogP contribution in [0, 0.1) is 0 Å². The van der Waals surface area contributed by atoms with Gasteiger partial charge in [0.2, 0.25) is 0 Å². The predicted octanol–water partition coefficient (Wildman–Crippen LogP) is 2.35. The lowest BCUT2D eigenvalue weighted by atomic mass is 10.1. The molecule has 0 bridgehead atoms. The highest BCUT2D eigenvalue weighted by molar-refractivity contribution is 14.0. The molecule has 7 nitrogen and oxygen atoms in total. The van der Waals surface area contributed by atoms with E-state index in [1.54, 1.807) is 7.05 Å². The van der Waals surface area contributed by atoms with Gasteiger partial charge in [-0.15, -0.1) is 24.0 Å². The monoisotopic (exact) mass is 518 g/mol. The Morgan fingerprint density at radius 1 is 1.28 bits per heavy atom. The lowest BCUT2D eigenvalue weighted by Crippen LogP contribution is -2.38. The number of guanidine groups is 1. The minimum Gasteiger partial charge on any atom is -0.381 e. The molecule has 8 heteroatoms. The average Bonchev–Trinajstić information content (AvgIpc) is 2.74. The van der Waals surface area contributed by atoms with E-state index in [2.05, 4.69) is 27.9 Å². The van der Waals surface area contributed by atoms with Crippen LogP contribution in [-0.2, 0) is 15.9 Å². The summed E-state index contributed by atoms with van der Waals surface area (Å²) in [6.07, 6.45) is 4.06. The SMILES string of the molecule is CCNC(=NCCCOC1CCOCC1)NCCc1cccc(C(=O)NC)c1.I. The molecular formula is C21H35IN4O3. The van der Waals surface area contributed by atoms with E-state index in [9.17, 15) is 4.79 Å². The van der Waals surface area contributed by atoms with Crippen LogP contribution in [0.1, 0.15) is 42.1 Å². The third kappa shape index (κ3) is 10.3. The standard InChI is InChI=1S/C21H34N4O3.HI/c1-3-23-21(24-11-5-13-28-19-9-14-27-15-10-19)25-12-8-17-6-4-7-18(16-17)20(26)22-2;/h4,6-7,16,19H,3,5,8-15H2,1-2H3,(H,22,26)(H2,23,24,25);1H. The van der Waals surface area contributed by atoms with E-state index in [4.69, 9.17) is 9.47 Å². The molecule has 1 fully saturated rings. The van der Waals surface area contributed by atoms with Crippen LogP contribution >= 0.6 is 24.0 Å². The molecule has 1 aromatic carbocycles. The maximum atomic E-state index is 11.7. The van der Waals surface area contributed by atoms with E-state index in [1.807, 2.05) is 24.3 Å². The topological polar surface area (TPSA) is 84.0 Å². The average molecular weight is 518 g/mol. The molecule has 0 atom stereocenters. The lowest BCUT2D eigenvalue weighted by Gasteiger charge is -2.22. The van der Waals surface area contributed by atoms with E-state index < -0.39 is 0 Å². The van der Waals surface area contributed by atoms with Gasteiger partial charge in [0.25, 0.3) is 5.91 Å². The molecule has 0 unspecified atom stereocenters. The Morgan fingerprint density at radius 3 is 2.79 bits per heavy atom. The fourth-order valence-corrected chi connectivity index (χ4v) is 3.03. The highest BCUT2D eigenvalue weighted by Crippen LogP contribution is 2.10. The van der Waals surface area contributed by atoms with Crippen LogP contribution in [0.15, 0.2) is 29.3 Å². The van der Waals surface area contributed by atoms with Gasteiger partial charge in [-0.25, -0.2) is 0 Å². The Morgan fingerprint density at radius 2 is 2.07 bits per heavy atom. The van der Waals surface area contributed by atoms with Crippen molar-refractivity contribution in [2.24, 2.45) is 4.99 Å². The molecule has 1 saturated heterocycles. The second-order valence-corrected chi connectivity index (χ2v) is 6.75. The molecule has 3 N–H and O–H groups in total. The van der Waals surface area contributed by atoms with Gasteiger partial charge in [-0.3, -0.25) is 9.79 Å². The second-order valence-electron chi connectivity index (χ2n) is 6.75. The first kappa shape index (κ1) is 25.6. The van der Waals surface area contributed by atoms with Crippen molar-refractivity contribution in [2.75, 3.05) is 46.5 Å². The van der Waals surface area contributed by atoms with Gasteiger partial charge in [0.05, 0.1) is 6.10 Å². The minimum absolute atomic E-state index is 0. The number of amides is 1. The van der Waals surface area contributed by atoms with Crippen molar-refractivity contribution < 1.29 is 14.3 Å². The van der Waals surface area contributed by atoms with E-state index in [0.717, 1.165) is 76.7 Å². The summed E-state index contributed by atoms with van der Waals surface area (Å²) < 4.78 is 11.2. The third-order valence-electron chi connectivity index (χ3n) is 4.56. The fraction of sp³-hybridized carbons (Fsp3) is 0.619. The van der Waals surface area contributed by atoms with Crippen LogP contribution in [0.2, 0.25) is 0 Å². The van der Waals surface area contributed by atoms with Crippen LogP contribution in [0.3, 0.4) is 0 Å². The number of benzene rings is 1. The first-order chi connectivity index (χ1) is 13.7. The normalized spacial score (nSPS) is 14.8. The van der Waals surface area contributed by atoms with Gasteiger partial charge in [0.1, 0.15) is 0 Å². The van der Waals surface area contributed by atoms with E-state index in [0.29, 0.717) is 11.7 Å². The van der Waals surface area contributed by atoms with Gasteiger partial charge in [0, 0.05) is 52.1 Å². The number of aliphatic imine (C=N–C) groups is 1. The van der Waals surface area contributed by atoms with Gasteiger partial charge >= 0.3 is 0 Å². The number of hydrogen-bond acceptors (Lipinski definition) is 4. The van der Waals surface area contributed by atoms with Gasteiger partial charge < -0.3 is 25.4 Å². The van der Waals surface area contributed by atoms with Crippen molar-refractivity contribution >= 4 is 35.8 Å². The third-order valence-corrected chi connectivity index (χ3v) is 4.56. The summed E-state index contributed by atoms with van der Waals surface area (Å²) in [5.74, 6) is 0.753. The first-order valence-corrected chi connectivity index (χ1v) is 10.3. The Hall–Kier alpha value is -1.39. The second kappa shape index (κ2) is 15.4. The Labute approximate surface area is 191 Å². The zero-order valence-corrected chi connectivity index (χ0v) is 19.9. The number of rotatable bonds is 10. The molecule has 1 heterocycles. The Kier molecular flexibility index (Phi) is 13.7. The largest absolute Gasteiger partial charge is 0.381 e. The summed E-state index contributed by atoms with van der Waals surface area (Å²) >= 11 is 0. The van der Waals surface area contributed by atoms with Crippen LogP contribution in [0.25, 0.3) is 0 Å². The van der Waals surface area contributed by atoms with Crippen molar-refractivity contribution in [1.82, 2.24) is 16.0 Å². The van der Waals surface area contributed by atoms with Gasteiger partial charge in [-0.2, -0.15) is 0 Å². The molecule has 2 rings (SSSR count). The summed E-state index contributed by atoms with van der Waals surface area (Å²) in [5.41, 5.74) is 1.81. The van der Waals surface area contributed by atoms with E-state index in [-0.39, 0.29) is 29.9 Å². The molecule has 1 aromatic rings. The van der Waals surface area contributed by atoms with Crippen molar-refractivity contribution in [3.8, 4) is 0 Å².